The number of halogens is 2. The van der Waals surface area contributed by atoms with Gasteiger partial charge in [0.25, 0.3) is 0 Å². The average molecular weight is 491 g/mol. The number of carbonyl (C=O) groups is 1. The summed E-state index contributed by atoms with van der Waals surface area (Å²) in [5.41, 5.74) is 0. The zero-order valence-electron chi connectivity index (χ0n) is 16.2. The molecule has 1 aliphatic heterocycles. The van der Waals surface area contributed by atoms with Crippen molar-refractivity contribution in [3.63, 3.8) is 0 Å². The minimum Gasteiger partial charge on any atom is -0.340 e. The summed E-state index contributed by atoms with van der Waals surface area (Å²) >= 11 is 5.68. The van der Waals surface area contributed by atoms with E-state index in [4.69, 9.17) is 11.6 Å². The second-order valence-corrected chi connectivity index (χ2v) is 10.8. The molecule has 3 rings (SSSR count). The standard InChI is InChI=1S/C18H20ClFN4O5S2/c19-16-12-14(3-4-17(16)20)31(28,29)24-10-8-23(9-11-24)18(25)5-7-22-30(26,27)15-2-1-6-21-13-15/h1-4,6,12-13,22H,5,7-11H2. The lowest BCUT2D eigenvalue weighted by Gasteiger charge is -2.34. The van der Waals surface area contributed by atoms with E-state index < -0.39 is 25.9 Å². The van der Waals surface area contributed by atoms with Gasteiger partial charge in [-0.2, -0.15) is 4.31 Å². The van der Waals surface area contributed by atoms with Crippen molar-refractivity contribution in [2.24, 2.45) is 0 Å². The minimum absolute atomic E-state index is 0.00201. The van der Waals surface area contributed by atoms with Crippen molar-refractivity contribution in [1.29, 1.82) is 0 Å². The number of nitrogens with zero attached hydrogens (tertiary/aromatic N) is 3. The van der Waals surface area contributed by atoms with Crippen molar-refractivity contribution in [1.82, 2.24) is 18.9 Å². The molecule has 2 heterocycles. The molecule has 31 heavy (non-hydrogen) atoms. The van der Waals surface area contributed by atoms with Gasteiger partial charge in [0.2, 0.25) is 26.0 Å². The van der Waals surface area contributed by atoms with E-state index in [0.717, 1.165) is 18.2 Å². The highest BCUT2D eigenvalue weighted by Crippen LogP contribution is 2.23. The van der Waals surface area contributed by atoms with Crippen molar-refractivity contribution in [2.75, 3.05) is 32.7 Å². The topological polar surface area (TPSA) is 117 Å². The Bertz CT molecular complexity index is 1150. The molecule has 0 bridgehead atoms. The van der Waals surface area contributed by atoms with Gasteiger partial charge in [-0.3, -0.25) is 9.78 Å². The van der Waals surface area contributed by atoms with Crippen LogP contribution >= 0.6 is 11.6 Å². The summed E-state index contributed by atoms with van der Waals surface area (Å²) in [4.78, 5) is 17.5. The van der Waals surface area contributed by atoms with E-state index in [0.29, 0.717) is 0 Å². The lowest BCUT2D eigenvalue weighted by molar-refractivity contribution is -0.132. The first-order valence-corrected chi connectivity index (χ1v) is 12.5. The van der Waals surface area contributed by atoms with Gasteiger partial charge in [-0.05, 0) is 30.3 Å². The molecule has 1 N–H and O–H groups in total. The van der Waals surface area contributed by atoms with E-state index in [1.807, 2.05) is 0 Å². The van der Waals surface area contributed by atoms with Gasteiger partial charge in [0.05, 0.1) is 9.92 Å². The Kier molecular flexibility index (Phi) is 7.27. The van der Waals surface area contributed by atoms with E-state index in [2.05, 4.69) is 9.71 Å². The fourth-order valence-corrected chi connectivity index (χ4v) is 5.69. The van der Waals surface area contributed by atoms with Gasteiger partial charge in [-0.15, -0.1) is 0 Å². The number of sulfonamides is 2. The molecule has 0 radical (unpaired) electrons. The number of benzene rings is 1. The van der Waals surface area contributed by atoms with Crippen molar-refractivity contribution in [3.8, 4) is 0 Å². The van der Waals surface area contributed by atoms with Gasteiger partial charge < -0.3 is 4.90 Å². The van der Waals surface area contributed by atoms with Crippen LogP contribution in [0.3, 0.4) is 0 Å². The second kappa shape index (κ2) is 9.57. The van der Waals surface area contributed by atoms with Crippen molar-refractivity contribution in [3.05, 3.63) is 53.6 Å². The third kappa shape index (κ3) is 5.57. The molecule has 1 fully saturated rings. The zero-order chi connectivity index (χ0) is 22.6. The summed E-state index contributed by atoms with van der Waals surface area (Å²) in [5, 5.41) is -0.288. The Morgan fingerprint density at radius 2 is 1.81 bits per heavy atom. The maximum Gasteiger partial charge on any atom is 0.243 e. The SMILES string of the molecule is O=C(CCNS(=O)(=O)c1cccnc1)N1CCN(S(=O)(=O)c2ccc(F)c(Cl)c2)CC1. The Morgan fingerprint density at radius 3 is 2.42 bits per heavy atom. The minimum atomic E-state index is -3.87. The second-order valence-electron chi connectivity index (χ2n) is 6.70. The van der Waals surface area contributed by atoms with Crippen LogP contribution in [0.5, 0.6) is 0 Å². The molecule has 0 unspecified atom stereocenters. The number of pyridine rings is 1. The van der Waals surface area contributed by atoms with Crippen molar-refractivity contribution >= 4 is 37.6 Å². The van der Waals surface area contributed by atoms with Gasteiger partial charge in [-0.1, -0.05) is 11.6 Å². The van der Waals surface area contributed by atoms with Crippen LogP contribution in [0, 0.1) is 5.82 Å². The predicted octanol–water partition coefficient (Wildman–Crippen LogP) is 1.08. The van der Waals surface area contributed by atoms with Crippen molar-refractivity contribution in [2.45, 2.75) is 16.2 Å². The Labute approximate surface area is 184 Å². The molecule has 1 aliphatic rings. The van der Waals surface area contributed by atoms with Gasteiger partial charge in [-0.25, -0.2) is 25.9 Å². The number of piperazine rings is 1. The largest absolute Gasteiger partial charge is 0.340 e. The molecule has 1 amide bonds. The van der Waals surface area contributed by atoms with Gasteiger partial charge in [0.15, 0.2) is 0 Å². The number of hydrogen-bond acceptors (Lipinski definition) is 6. The molecule has 9 nitrogen and oxygen atoms in total. The lowest BCUT2D eigenvalue weighted by Crippen LogP contribution is -2.50. The van der Waals surface area contributed by atoms with Gasteiger partial charge in [0.1, 0.15) is 10.7 Å². The summed E-state index contributed by atoms with van der Waals surface area (Å²) in [6.07, 6.45) is 2.59. The summed E-state index contributed by atoms with van der Waals surface area (Å²) in [7, 11) is -7.63. The fraction of sp³-hybridized carbons (Fsp3) is 0.333. The van der Waals surface area contributed by atoms with Crippen LogP contribution in [-0.2, 0) is 24.8 Å². The van der Waals surface area contributed by atoms with Crippen LogP contribution < -0.4 is 4.72 Å². The Morgan fingerprint density at radius 1 is 1.10 bits per heavy atom. The highest BCUT2D eigenvalue weighted by molar-refractivity contribution is 7.89. The fourth-order valence-electron chi connectivity index (χ4n) is 3.00. The number of hydrogen-bond donors (Lipinski definition) is 1. The van der Waals surface area contributed by atoms with Crippen LogP contribution in [0.25, 0.3) is 0 Å². The van der Waals surface area contributed by atoms with Crippen LogP contribution in [0.1, 0.15) is 6.42 Å². The molecule has 0 atom stereocenters. The van der Waals surface area contributed by atoms with E-state index in [1.165, 1.54) is 33.7 Å². The number of rotatable bonds is 7. The van der Waals surface area contributed by atoms with Crippen LogP contribution in [-0.4, -0.2) is 69.7 Å². The summed E-state index contributed by atoms with van der Waals surface area (Å²) < 4.78 is 66.5. The highest BCUT2D eigenvalue weighted by Gasteiger charge is 2.30. The first-order chi connectivity index (χ1) is 14.6. The first-order valence-electron chi connectivity index (χ1n) is 9.24. The zero-order valence-corrected chi connectivity index (χ0v) is 18.6. The third-order valence-electron chi connectivity index (χ3n) is 4.70. The summed E-state index contributed by atoms with van der Waals surface area (Å²) in [6, 6.07) is 6.07. The first kappa shape index (κ1) is 23.5. The smallest absolute Gasteiger partial charge is 0.243 e. The number of carbonyl (C=O) groups excluding carboxylic acids is 1. The van der Waals surface area contributed by atoms with E-state index in [-0.39, 0.29) is 59.9 Å². The van der Waals surface area contributed by atoms with E-state index in [1.54, 1.807) is 0 Å². The molecule has 1 aromatic carbocycles. The number of aromatic nitrogens is 1. The third-order valence-corrected chi connectivity index (χ3v) is 8.33. The molecule has 0 aliphatic carbocycles. The lowest BCUT2D eigenvalue weighted by atomic mass is 10.3. The summed E-state index contributed by atoms with van der Waals surface area (Å²) in [6.45, 7) is 0.336. The van der Waals surface area contributed by atoms with Crippen LogP contribution in [0.15, 0.2) is 52.5 Å². The van der Waals surface area contributed by atoms with E-state index >= 15 is 0 Å². The summed E-state index contributed by atoms with van der Waals surface area (Å²) in [5.74, 6) is -1.01. The van der Waals surface area contributed by atoms with Crippen LogP contribution in [0.4, 0.5) is 4.39 Å². The van der Waals surface area contributed by atoms with Gasteiger partial charge >= 0.3 is 0 Å². The molecular weight excluding hydrogens is 471 g/mol. The van der Waals surface area contributed by atoms with E-state index in [9.17, 15) is 26.0 Å². The van der Waals surface area contributed by atoms with Crippen molar-refractivity contribution < 1.29 is 26.0 Å². The molecule has 13 heteroatoms. The Balaban J connectivity index is 1.52. The molecule has 1 aromatic heterocycles. The predicted molar refractivity (Wildman–Crippen MR) is 111 cm³/mol. The molecule has 0 spiro atoms. The monoisotopic (exact) mass is 490 g/mol. The maximum absolute atomic E-state index is 13.3. The normalized spacial score (nSPS) is 15.7. The van der Waals surface area contributed by atoms with Gasteiger partial charge in [0, 0.05) is 51.5 Å². The molecular formula is C18H20ClFN4O5S2. The number of amides is 1. The highest BCUT2D eigenvalue weighted by atomic mass is 35.5. The Hall–Kier alpha value is -2.12. The molecule has 2 aromatic rings. The molecule has 168 valence electrons. The maximum atomic E-state index is 13.3. The number of nitrogens with one attached hydrogen (secondary N) is 1. The average Bonchev–Trinajstić information content (AvgIpc) is 2.76. The van der Waals surface area contributed by atoms with Crippen LogP contribution in [0.2, 0.25) is 5.02 Å². The molecule has 0 saturated carbocycles. The quantitative estimate of drug-likeness (QED) is 0.620. The molecule has 1 saturated heterocycles.